The van der Waals surface area contributed by atoms with Gasteiger partial charge in [-0.05, 0) is 38.3 Å². The lowest BCUT2D eigenvalue weighted by molar-refractivity contribution is -0.109. The largest absolute Gasteiger partial charge is 0.444 e. The second kappa shape index (κ2) is 12.5. The van der Waals surface area contributed by atoms with E-state index in [1.54, 1.807) is 11.8 Å². The highest BCUT2D eigenvalue weighted by Gasteiger charge is 2.24. The number of carbonyl (C=O) groups is 2. The van der Waals surface area contributed by atoms with E-state index in [0.29, 0.717) is 32.7 Å². The monoisotopic (exact) mass is 443 g/mol. The Bertz CT molecular complexity index is 805. The Morgan fingerprint density at radius 2 is 1.55 bits per heavy atom. The average Bonchev–Trinajstić information content (AvgIpc) is 2.70. The van der Waals surface area contributed by atoms with Gasteiger partial charge < -0.3 is 14.4 Å². The van der Waals surface area contributed by atoms with Crippen molar-refractivity contribution in [1.82, 2.24) is 4.90 Å². The van der Waals surface area contributed by atoms with Crippen molar-refractivity contribution < 1.29 is 19.1 Å². The van der Waals surface area contributed by atoms with E-state index in [-0.39, 0.29) is 16.5 Å². The molecule has 168 valence electrons. The maximum atomic E-state index is 12.8. The zero-order chi connectivity index (χ0) is 22.7. The van der Waals surface area contributed by atoms with Crippen LogP contribution in [-0.4, -0.2) is 40.1 Å². The van der Waals surface area contributed by atoms with E-state index < -0.39 is 5.60 Å². The van der Waals surface area contributed by atoms with Crippen molar-refractivity contribution in [2.75, 3.05) is 13.2 Å². The normalized spacial score (nSPS) is 12.3. The molecule has 2 aromatic carbocycles. The van der Waals surface area contributed by atoms with Gasteiger partial charge in [-0.25, -0.2) is 4.79 Å². The molecule has 5 nitrogen and oxygen atoms in total. The smallest absolute Gasteiger partial charge is 0.410 e. The Kier molecular flexibility index (Phi) is 10.1. The molecule has 0 saturated heterocycles. The molecular weight excluding hydrogens is 410 g/mol. The van der Waals surface area contributed by atoms with Crippen LogP contribution in [0.25, 0.3) is 0 Å². The first-order valence-electron chi connectivity index (χ1n) is 10.5. The number of nitrogens with zero attached hydrogens (tertiary/aromatic N) is 1. The predicted molar refractivity (Wildman–Crippen MR) is 126 cm³/mol. The third-order valence-corrected chi connectivity index (χ3v) is 5.37. The van der Waals surface area contributed by atoms with E-state index in [1.807, 2.05) is 81.4 Å². The third-order valence-electron chi connectivity index (χ3n) is 4.34. The molecule has 0 fully saturated rings. The summed E-state index contributed by atoms with van der Waals surface area (Å²) in [5, 5.41) is 0.00195. The molecule has 0 spiro atoms. The van der Waals surface area contributed by atoms with E-state index in [4.69, 9.17) is 9.47 Å². The minimum atomic E-state index is -0.571. The summed E-state index contributed by atoms with van der Waals surface area (Å²) in [7, 11) is 0. The fourth-order valence-electron chi connectivity index (χ4n) is 2.96. The maximum Gasteiger partial charge on any atom is 0.410 e. The van der Waals surface area contributed by atoms with Crippen LogP contribution in [-0.2, 0) is 27.4 Å². The minimum absolute atomic E-state index is 0.0399. The van der Waals surface area contributed by atoms with Crippen molar-refractivity contribution in [3.8, 4) is 0 Å². The van der Waals surface area contributed by atoms with E-state index >= 15 is 0 Å². The molecule has 0 aliphatic heterocycles. The van der Waals surface area contributed by atoms with E-state index in [2.05, 4.69) is 0 Å². The molecule has 0 heterocycles. The molecule has 0 aliphatic rings. The lowest BCUT2D eigenvalue weighted by atomic mass is 10.2. The van der Waals surface area contributed by atoms with Gasteiger partial charge in [-0.1, -0.05) is 72.4 Å². The Morgan fingerprint density at radius 1 is 0.968 bits per heavy atom. The summed E-state index contributed by atoms with van der Waals surface area (Å²) in [5.41, 5.74) is 1.55. The van der Waals surface area contributed by atoms with Crippen molar-refractivity contribution in [1.29, 1.82) is 0 Å². The number of ether oxygens (including phenoxy) is 2. The number of benzene rings is 2. The molecular formula is C25H33NO4S. The molecule has 0 N–H and O–H groups in total. The number of rotatable bonds is 10. The first kappa shape index (κ1) is 25.0. The van der Waals surface area contributed by atoms with Gasteiger partial charge in [0.25, 0.3) is 0 Å². The second-order valence-electron chi connectivity index (χ2n) is 8.41. The van der Waals surface area contributed by atoms with Crippen LogP contribution in [0.5, 0.6) is 0 Å². The zero-order valence-corrected chi connectivity index (χ0v) is 19.7. The molecule has 2 aromatic rings. The van der Waals surface area contributed by atoms with Crippen LogP contribution >= 0.6 is 11.8 Å². The summed E-state index contributed by atoms with van der Waals surface area (Å²) < 4.78 is 11.5. The highest BCUT2D eigenvalue weighted by atomic mass is 32.2. The number of hydrogen-bond donors (Lipinski definition) is 0. The van der Waals surface area contributed by atoms with Crippen LogP contribution in [0.15, 0.2) is 60.7 Å². The van der Waals surface area contributed by atoms with Crippen molar-refractivity contribution in [2.24, 2.45) is 0 Å². The predicted octanol–water partition coefficient (Wildman–Crippen LogP) is 5.68. The molecule has 0 aromatic heterocycles. The summed E-state index contributed by atoms with van der Waals surface area (Å²) >= 11 is 1.27. The van der Waals surface area contributed by atoms with Gasteiger partial charge in [0.2, 0.25) is 0 Å². The molecule has 31 heavy (non-hydrogen) atoms. The lowest BCUT2D eigenvalue weighted by Gasteiger charge is -2.28. The van der Waals surface area contributed by atoms with Crippen LogP contribution in [0, 0.1) is 0 Å². The molecule has 1 atom stereocenters. The number of thioether (sulfide) groups is 1. The van der Waals surface area contributed by atoms with Gasteiger partial charge in [0.05, 0.1) is 13.2 Å². The number of hydrogen-bond acceptors (Lipinski definition) is 5. The van der Waals surface area contributed by atoms with Crippen LogP contribution in [0.2, 0.25) is 0 Å². The van der Waals surface area contributed by atoms with Gasteiger partial charge in [0, 0.05) is 25.3 Å². The van der Waals surface area contributed by atoms with Crippen molar-refractivity contribution in [3.05, 3.63) is 71.8 Å². The standard InChI is InChI=1S/C25H33NO4S/c1-20(27)31-23(19-29-18-22-13-9-6-10-14-22)15-16-26(24(28)30-25(2,3)4)17-21-11-7-5-8-12-21/h5-14,23H,15-19H2,1-4H3. The summed E-state index contributed by atoms with van der Waals surface area (Å²) in [6, 6.07) is 19.8. The summed E-state index contributed by atoms with van der Waals surface area (Å²) in [4.78, 5) is 26.2. The Balaban J connectivity index is 1.99. The molecule has 0 bridgehead atoms. The fraction of sp³-hybridized carbons (Fsp3) is 0.440. The van der Waals surface area contributed by atoms with Gasteiger partial charge in [0.15, 0.2) is 5.12 Å². The fourth-order valence-corrected chi connectivity index (χ4v) is 3.82. The van der Waals surface area contributed by atoms with Gasteiger partial charge >= 0.3 is 6.09 Å². The highest BCUT2D eigenvalue weighted by Crippen LogP contribution is 2.20. The minimum Gasteiger partial charge on any atom is -0.444 e. The number of carbonyl (C=O) groups excluding carboxylic acids is 2. The zero-order valence-electron chi connectivity index (χ0n) is 18.9. The lowest BCUT2D eigenvalue weighted by Crippen LogP contribution is -2.38. The van der Waals surface area contributed by atoms with Gasteiger partial charge in [-0.3, -0.25) is 4.79 Å². The molecule has 1 unspecified atom stereocenters. The quantitative estimate of drug-likeness (QED) is 0.473. The molecule has 1 amide bonds. The molecule has 6 heteroatoms. The van der Waals surface area contributed by atoms with Crippen LogP contribution in [0.4, 0.5) is 4.79 Å². The van der Waals surface area contributed by atoms with Gasteiger partial charge in [-0.2, -0.15) is 0 Å². The van der Waals surface area contributed by atoms with Crippen LogP contribution < -0.4 is 0 Å². The summed E-state index contributed by atoms with van der Waals surface area (Å²) in [6.45, 7) is 9.00. The van der Waals surface area contributed by atoms with Crippen molar-refractivity contribution in [2.45, 2.75) is 58.1 Å². The number of amides is 1. The first-order chi connectivity index (χ1) is 14.7. The maximum absolute atomic E-state index is 12.8. The van der Waals surface area contributed by atoms with Crippen molar-refractivity contribution >= 4 is 23.0 Å². The second-order valence-corrected chi connectivity index (χ2v) is 9.89. The van der Waals surface area contributed by atoms with Crippen molar-refractivity contribution in [3.63, 3.8) is 0 Å². The van der Waals surface area contributed by atoms with Gasteiger partial charge in [0.1, 0.15) is 5.60 Å². The SMILES string of the molecule is CC(=O)SC(CCN(Cc1ccccc1)C(=O)OC(C)(C)C)COCc1ccccc1. The van der Waals surface area contributed by atoms with Gasteiger partial charge in [-0.15, -0.1) is 0 Å². The molecule has 0 radical (unpaired) electrons. The van der Waals surface area contributed by atoms with Crippen LogP contribution in [0.3, 0.4) is 0 Å². The Morgan fingerprint density at radius 3 is 2.10 bits per heavy atom. The Hall–Kier alpha value is -2.31. The first-order valence-corrected chi connectivity index (χ1v) is 11.4. The van der Waals surface area contributed by atoms with E-state index in [1.165, 1.54) is 11.8 Å². The molecule has 0 saturated carbocycles. The van der Waals surface area contributed by atoms with Crippen LogP contribution in [0.1, 0.15) is 45.2 Å². The topological polar surface area (TPSA) is 55.8 Å². The van der Waals surface area contributed by atoms with E-state index in [9.17, 15) is 9.59 Å². The summed E-state index contributed by atoms with van der Waals surface area (Å²) in [6.07, 6.45) is 0.276. The average molecular weight is 444 g/mol. The summed E-state index contributed by atoms with van der Waals surface area (Å²) in [5.74, 6) is 0. The van der Waals surface area contributed by atoms with E-state index in [0.717, 1.165) is 11.1 Å². The molecule has 0 aliphatic carbocycles. The Labute approximate surface area is 190 Å². The molecule has 2 rings (SSSR count). The third kappa shape index (κ3) is 10.5. The highest BCUT2D eigenvalue weighted by molar-refractivity contribution is 8.14.